The summed E-state index contributed by atoms with van der Waals surface area (Å²) in [6.07, 6.45) is 0.963. The number of halogens is 2. The zero-order valence-corrected chi connectivity index (χ0v) is 14.7. The van der Waals surface area contributed by atoms with Gasteiger partial charge in [0.2, 0.25) is 0 Å². The SMILES string of the molecule is COC1CCC(C(C)(C)C2CCC(OC(C)=O)C(F)C2)CC1F. The molecule has 0 N–H and O–H groups in total. The molecule has 3 nitrogen and oxygen atoms in total. The Labute approximate surface area is 138 Å². The Kier molecular flexibility index (Phi) is 6.04. The second kappa shape index (κ2) is 7.45. The highest BCUT2D eigenvalue weighted by Crippen LogP contribution is 2.49. The molecule has 0 amide bonds. The Bertz CT molecular complexity index is 413. The highest BCUT2D eigenvalue weighted by Gasteiger charge is 2.45. The molecule has 0 heterocycles. The standard InChI is InChI=1S/C18H30F2O3/c1-11(21)23-17-8-6-13(10-15(17)20)18(2,3)12-5-7-16(22-4)14(19)9-12/h12-17H,5-10H2,1-4H3. The molecule has 2 aliphatic rings. The molecule has 0 bridgehead atoms. The van der Waals surface area contributed by atoms with E-state index >= 15 is 0 Å². The number of hydrogen-bond acceptors (Lipinski definition) is 3. The van der Waals surface area contributed by atoms with Crippen molar-refractivity contribution in [2.24, 2.45) is 17.3 Å². The van der Waals surface area contributed by atoms with Gasteiger partial charge in [0.25, 0.3) is 0 Å². The van der Waals surface area contributed by atoms with E-state index in [-0.39, 0.29) is 23.4 Å². The molecular formula is C18H30F2O3. The maximum Gasteiger partial charge on any atom is 0.303 e. The monoisotopic (exact) mass is 332 g/mol. The Hall–Kier alpha value is -0.710. The lowest BCUT2D eigenvalue weighted by atomic mass is 9.60. The van der Waals surface area contributed by atoms with Gasteiger partial charge < -0.3 is 9.47 Å². The normalized spacial score (nSPS) is 39.0. The number of ether oxygens (including phenoxy) is 2. The second-order valence-electron chi connectivity index (χ2n) is 7.80. The minimum Gasteiger partial charge on any atom is -0.459 e. The van der Waals surface area contributed by atoms with Crippen molar-refractivity contribution in [1.29, 1.82) is 0 Å². The van der Waals surface area contributed by atoms with Gasteiger partial charge in [0.1, 0.15) is 18.4 Å². The van der Waals surface area contributed by atoms with Gasteiger partial charge in [-0.05, 0) is 55.8 Å². The predicted octanol–water partition coefficient (Wildman–Crippen LogP) is 4.24. The molecule has 134 valence electrons. The van der Waals surface area contributed by atoms with E-state index in [9.17, 15) is 13.6 Å². The van der Waals surface area contributed by atoms with Crippen molar-refractivity contribution in [1.82, 2.24) is 0 Å². The van der Waals surface area contributed by atoms with E-state index in [2.05, 4.69) is 13.8 Å². The zero-order valence-electron chi connectivity index (χ0n) is 14.7. The maximum atomic E-state index is 14.4. The van der Waals surface area contributed by atoms with Crippen LogP contribution in [0.2, 0.25) is 0 Å². The first-order chi connectivity index (χ1) is 10.8. The molecule has 2 aliphatic carbocycles. The Morgan fingerprint density at radius 3 is 1.83 bits per heavy atom. The van der Waals surface area contributed by atoms with Crippen molar-refractivity contribution in [2.75, 3.05) is 7.11 Å². The van der Waals surface area contributed by atoms with Crippen LogP contribution in [-0.4, -0.2) is 37.6 Å². The third-order valence-electron chi connectivity index (χ3n) is 6.15. The molecule has 23 heavy (non-hydrogen) atoms. The van der Waals surface area contributed by atoms with E-state index in [1.165, 1.54) is 6.92 Å². The molecule has 0 aromatic heterocycles. The maximum absolute atomic E-state index is 14.4. The Balaban J connectivity index is 1.96. The third kappa shape index (κ3) is 4.23. The lowest BCUT2D eigenvalue weighted by Crippen LogP contribution is -2.45. The van der Waals surface area contributed by atoms with E-state index in [1.54, 1.807) is 7.11 Å². The van der Waals surface area contributed by atoms with Crippen LogP contribution in [0.25, 0.3) is 0 Å². The highest BCUT2D eigenvalue weighted by molar-refractivity contribution is 5.66. The third-order valence-corrected chi connectivity index (χ3v) is 6.15. The molecule has 5 heteroatoms. The minimum absolute atomic E-state index is 0.116. The number of hydrogen-bond donors (Lipinski definition) is 0. The number of carbonyl (C=O) groups is 1. The van der Waals surface area contributed by atoms with Gasteiger partial charge in [-0.1, -0.05) is 13.8 Å². The van der Waals surface area contributed by atoms with Crippen molar-refractivity contribution in [2.45, 2.75) is 83.8 Å². The Morgan fingerprint density at radius 2 is 1.43 bits per heavy atom. The highest BCUT2D eigenvalue weighted by atomic mass is 19.1. The number of rotatable bonds is 4. The molecule has 0 aromatic carbocycles. The van der Waals surface area contributed by atoms with Crippen LogP contribution >= 0.6 is 0 Å². The number of esters is 1. The largest absolute Gasteiger partial charge is 0.459 e. The van der Waals surface area contributed by atoms with Crippen LogP contribution in [0, 0.1) is 17.3 Å². The molecule has 2 saturated carbocycles. The Morgan fingerprint density at radius 1 is 0.957 bits per heavy atom. The fourth-order valence-electron chi connectivity index (χ4n) is 4.47. The van der Waals surface area contributed by atoms with E-state index in [0.717, 1.165) is 19.3 Å². The summed E-state index contributed by atoms with van der Waals surface area (Å²) in [7, 11) is 1.56. The van der Waals surface area contributed by atoms with Crippen LogP contribution < -0.4 is 0 Å². The van der Waals surface area contributed by atoms with Gasteiger partial charge in [0.05, 0.1) is 6.10 Å². The van der Waals surface area contributed by atoms with E-state index in [0.29, 0.717) is 19.3 Å². The van der Waals surface area contributed by atoms with Crippen molar-refractivity contribution < 1.29 is 23.0 Å². The summed E-state index contributed by atoms with van der Waals surface area (Å²) < 4.78 is 38.9. The van der Waals surface area contributed by atoms with E-state index in [1.807, 2.05) is 0 Å². The molecule has 6 unspecified atom stereocenters. The fourth-order valence-corrected chi connectivity index (χ4v) is 4.47. The summed E-state index contributed by atoms with van der Waals surface area (Å²) >= 11 is 0. The van der Waals surface area contributed by atoms with Crippen LogP contribution in [0.4, 0.5) is 8.78 Å². The number of carbonyl (C=O) groups excluding carboxylic acids is 1. The van der Waals surface area contributed by atoms with Crippen LogP contribution in [0.15, 0.2) is 0 Å². The summed E-state index contributed by atoms with van der Waals surface area (Å²) in [6.45, 7) is 5.60. The van der Waals surface area contributed by atoms with E-state index in [4.69, 9.17) is 9.47 Å². The van der Waals surface area contributed by atoms with Gasteiger partial charge in [-0.3, -0.25) is 4.79 Å². The molecule has 2 rings (SSSR count). The van der Waals surface area contributed by atoms with Crippen molar-refractivity contribution in [3.63, 3.8) is 0 Å². The van der Waals surface area contributed by atoms with Crippen molar-refractivity contribution in [3.8, 4) is 0 Å². The quantitative estimate of drug-likeness (QED) is 0.723. The van der Waals surface area contributed by atoms with Crippen LogP contribution in [0.1, 0.15) is 59.3 Å². The molecule has 0 radical (unpaired) electrons. The smallest absolute Gasteiger partial charge is 0.303 e. The topological polar surface area (TPSA) is 35.5 Å². The van der Waals surface area contributed by atoms with Gasteiger partial charge in [-0.15, -0.1) is 0 Å². The molecule has 0 saturated heterocycles. The minimum atomic E-state index is -1.12. The lowest BCUT2D eigenvalue weighted by Gasteiger charge is -2.47. The van der Waals surface area contributed by atoms with Crippen LogP contribution in [-0.2, 0) is 14.3 Å². The summed E-state index contributed by atoms with van der Waals surface area (Å²) in [5.74, 6) is 0.0143. The van der Waals surface area contributed by atoms with Crippen molar-refractivity contribution in [3.05, 3.63) is 0 Å². The van der Waals surface area contributed by atoms with Gasteiger partial charge in [0, 0.05) is 14.0 Å². The van der Waals surface area contributed by atoms with Gasteiger partial charge in [-0.25, -0.2) is 8.78 Å². The number of methoxy groups -OCH3 is 1. The van der Waals surface area contributed by atoms with Gasteiger partial charge in [-0.2, -0.15) is 0 Å². The first kappa shape index (κ1) is 18.6. The van der Waals surface area contributed by atoms with E-state index < -0.39 is 24.4 Å². The summed E-state index contributed by atoms with van der Waals surface area (Å²) in [5.41, 5.74) is -0.116. The first-order valence-electron chi connectivity index (χ1n) is 8.73. The summed E-state index contributed by atoms with van der Waals surface area (Å²) in [6, 6.07) is 0. The van der Waals surface area contributed by atoms with Crippen LogP contribution in [0.5, 0.6) is 0 Å². The molecule has 0 spiro atoms. The zero-order chi connectivity index (χ0) is 17.2. The second-order valence-corrected chi connectivity index (χ2v) is 7.80. The molecule has 6 atom stereocenters. The summed E-state index contributed by atoms with van der Waals surface area (Å²) in [5, 5.41) is 0. The summed E-state index contributed by atoms with van der Waals surface area (Å²) in [4.78, 5) is 11.0. The lowest BCUT2D eigenvalue weighted by molar-refractivity contribution is -0.154. The fraction of sp³-hybridized carbons (Fsp3) is 0.944. The van der Waals surface area contributed by atoms with Crippen LogP contribution in [0.3, 0.4) is 0 Å². The number of alkyl halides is 2. The predicted molar refractivity (Wildman–Crippen MR) is 84.6 cm³/mol. The molecule has 2 fully saturated rings. The van der Waals surface area contributed by atoms with Gasteiger partial charge >= 0.3 is 5.97 Å². The molecular weight excluding hydrogens is 302 g/mol. The van der Waals surface area contributed by atoms with Crippen molar-refractivity contribution >= 4 is 5.97 Å². The van der Waals surface area contributed by atoms with Gasteiger partial charge in [0.15, 0.2) is 0 Å². The average molecular weight is 332 g/mol. The average Bonchev–Trinajstić information content (AvgIpc) is 2.48. The first-order valence-corrected chi connectivity index (χ1v) is 8.73. The molecule has 0 aromatic rings. The molecule has 0 aliphatic heterocycles.